The van der Waals surface area contributed by atoms with Gasteiger partial charge in [-0.15, -0.1) is 0 Å². The lowest BCUT2D eigenvalue weighted by Crippen LogP contribution is -2.29. The predicted octanol–water partition coefficient (Wildman–Crippen LogP) is 1.42. The van der Waals surface area contributed by atoms with Crippen LogP contribution in [0.1, 0.15) is 23.7 Å². The molecule has 0 radical (unpaired) electrons. The van der Waals surface area contributed by atoms with Crippen molar-refractivity contribution in [3.05, 3.63) is 29.6 Å². The number of aromatic hydroxyl groups is 1. The van der Waals surface area contributed by atoms with Crippen molar-refractivity contribution < 1.29 is 19.4 Å². The van der Waals surface area contributed by atoms with Crippen LogP contribution in [0.4, 0.5) is 4.39 Å². The number of hydrogen-bond donors (Lipinski definition) is 2. The molecule has 1 aliphatic heterocycles. The molecule has 1 aliphatic rings. The molecule has 0 aromatic heterocycles. The molecule has 1 fully saturated rings. The molecule has 5 heteroatoms. The first kappa shape index (κ1) is 14.0. The van der Waals surface area contributed by atoms with E-state index in [0.717, 1.165) is 25.1 Å². The van der Waals surface area contributed by atoms with Crippen molar-refractivity contribution in [2.45, 2.75) is 19.4 Å². The van der Waals surface area contributed by atoms with Crippen LogP contribution in [0.3, 0.4) is 0 Å². The normalized spacial score (nSPS) is 21.5. The number of Topliss-reactive ketones (excluding diaryl/α,β-unsaturated/α-hetero) is 1. The molecule has 0 saturated carbocycles. The second kappa shape index (κ2) is 5.67. The zero-order valence-electron chi connectivity index (χ0n) is 10.8. The Labute approximate surface area is 111 Å². The molecule has 1 aromatic carbocycles. The van der Waals surface area contributed by atoms with Gasteiger partial charge in [-0.3, -0.25) is 9.69 Å². The van der Waals surface area contributed by atoms with Crippen molar-refractivity contribution in [2.24, 2.45) is 5.92 Å². The number of rotatable bonds is 4. The Morgan fingerprint density at radius 1 is 1.58 bits per heavy atom. The Morgan fingerprint density at radius 3 is 2.95 bits per heavy atom. The molecule has 2 unspecified atom stereocenters. The van der Waals surface area contributed by atoms with Crippen LogP contribution >= 0.6 is 0 Å². The summed E-state index contributed by atoms with van der Waals surface area (Å²) >= 11 is 0. The second-order valence-electron chi connectivity index (χ2n) is 5.11. The molecule has 19 heavy (non-hydrogen) atoms. The lowest BCUT2D eigenvalue weighted by Gasteiger charge is -2.16. The van der Waals surface area contributed by atoms with Crippen molar-refractivity contribution in [1.82, 2.24) is 4.90 Å². The van der Waals surface area contributed by atoms with Gasteiger partial charge in [0.25, 0.3) is 0 Å². The van der Waals surface area contributed by atoms with Crippen LogP contribution in [0, 0.1) is 11.7 Å². The smallest absolute Gasteiger partial charge is 0.180 e. The van der Waals surface area contributed by atoms with Gasteiger partial charge in [-0.05, 0) is 44.0 Å². The standard InChI is InChI=1S/C14H18FNO3/c1-9(17)10-4-5-16(7-10)8-14(19)12-6-11(15)2-3-13(12)18/h2-3,6,9-10,17-18H,4-5,7-8H2,1H3. The zero-order valence-corrected chi connectivity index (χ0v) is 10.8. The molecule has 0 bridgehead atoms. The van der Waals surface area contributed by atoms with Crippen molar-refractivity contribution in [3.63, 3.8) is 0 Å². The molecule has 0 spiro atoms. The third-order valence-electron chi connectivity index (χ3n) is 3.62. The Balaban J connectivity index is 2.00. The lowest BCUT2D eigenvalue weighted by atomic mass is 10.0. The number of phenols is 1. The monoisotopic (exact) mass is 267 g/mol. The fourth-order valence-corrected chi connectivity index (χ4v) is 2.42. The summed E-state index contributed by atoms with van der Waals surface area (Å²) in [4.78, 5) is 13.9. The molecule has 104 valence electrons. The van der Waals surface area contributed by atoms with Crippen molar-refractivity contribution in [2.75, 3.05) is 19.6 Å². The van der Waals surface area contributed by atoms with E-state index in [9.17, 15) is 19.4 Å². The number of aliphatic hydroxyl groups is 1. The second-order valence-corrected chi connectivity index (χ2v) is 5.11. The summed E-state index contributed by atoms with van der Waals surface area (Å²) in [7, 11) is 0. The predicted molar refractivity (Wildman–Crippen MR) is 68.6 cm³/mol. The highest BCUT2D eigenvalue weighted by atomic mass is 19.1. The molecule has 0 aliphatic carbocycles. The van der Waals surface area contributed by atoms with Crippen molar-refractivity contribution in [3.8, 4) is 5.75 Å². The number of nitrogens with zero attached hydrogens (tertiary/aromatic N) is 1. The van der Waals surface area contributed by atoms with Gasteiger partial charge in [0.15, 0.2) is 5.78 Å². The van der Waals surface area contributed by atoms with Gasteiger partial charge in [0.1, 0.15) is 11.6 Å². The number of likely N-dealkylation sites (tertiary alicyclic amines) is 1. The molecule has 4 nitrogen and oxygen atoms in total. The van der Waals surface area contributed by atoms with Gasteiger partial charge in [0.2, 0.25) is 0 Å². The van der Waals surface area contributed by atoms with Gasteiger partial charge in [0, 0.05) is 6.54 Å². The summed E-state index contributed by atoms with van der Waals surface area (Å²) in [5, 5.41) is 19.1. The summed E-state index contributed by atoms with van der Waals surface area (Å²) < 4.78 is 13.1. The summed E-state index contributed by atoms with van der Waals surface area (Å²) in [6, 6.07) is 3.36. The zero-order chi connectivity index (χ0) is 14.0. The molecular formula is C14H18FNO3. The number of phenolic OH excluding ortho intramolecular Hbond substituents is 1. The molecule has 2 N–H and O–H groups in total. The maximum Gasteiger partial charge on any atom is 0.180 e. The third-order valence-corrected chi connectivity index (χ3v) is 3.62. The van der Waals surface area contributed by atoms with Crippen LogP contribution in [-0.2, 0) is 0 Å². The average Bonchev–Trinajstić information content (AvgIpc) is 2.80. The van der Waals surface area contributed by atoms with E-state index in [2.05, 4.69) is 0 Å². The topological polar surface area (TPSA) is 60.8 Å². The number of halogens is 1. The van der Waals surface area contributed by atoms with Crippen LogP contribution < -0.4 is 0 Å². The van der Waals surface area contributed by atoms with Crippen molar-refractivity contribution in [1.29, 1.82) is 0 Å². The first-order valence-electron chi connectivity index (χ1n) is 6.39. The number of carbonyl (C=O) groups is 1. The first-order valence-corrected chi connectivity index (χ1v) is 6.39. The summed E-state index contributed by atoms with van der Waals surface area (Å²) in [5.74, 6) is -0.862. The molecule has 2 rings (SSSR count). The maximum absolute atomic E-state index is 13.1. The Kier molecular flexibility index (Phi) is 4.17. The highest BCUT2D eigenvalue weighted by molar-refractivity contribution is 6.00. The quantitative estimate of drug-likeness (QED) is 0.810. The molecular weight excluding hydrogens is 249 g/mol. The van der Waals surface area contributed by atoms with Gasteiger partial charge >= 0.3 is 0 Å². The van der Waals surface area contributed by atoms with Crippen LogP contribution in [-0.4, -0.2) is 46.6 Å². The van der Waals surface area contributed by atoms with Crippen LogP contribution in [0.2, 0.25) is 0 Å². The Hall–Kier alpha value is -1.46. The molecule has 1 heterocycles. The van der Waals surface area contributed by atoms with E-state index in [1.54, 1.807) is 6.92 Å². The van der Waals surface area contributed by atoms with E-state index < -0.39 is 5.82 Å². The molecule has 0 amide bonds. The van der Waals surface area contributed by atoms with Gasteiger partial charge in [-0.25, -0.2) is 4.39 Å². The average molecular weight is 267 g/mol. The number of ketones is 1. The fourth-order valence-electron chi connectivity index (χ4n) is 2.42. The summed E-state index contributed by atoms with van der Waals surface area (Å²) in [5.41, 5.74) is 0.0143. The van der Waals surface area contributed by atoms with Gasteiger partial charge in [0.05, 0.1) is 18.2 Å². The molecule has 1 saturated heterocycles. The highest BCUT2D eigenvalue weighted by Gasteiger charge is 2.27. The molecule has 2 atom stereocenters. The summed E-state index contributed by atoms with van der Waals surface area (Å²) in [6.45, 7) is 3.27. The summed E-state index contributed by atoms with van der Waals surface area (Å²) in [6.07, 6.45) is 0.461. The Morgan fingerprint density at radius 2 is 2.32 bits per heavy atom. The minimum Gasteiger partial charge on any atom is -0.507 e. The van der Waals surface area contributed by atoms with E-state index in [-0.39, 0.29) is 35.7 Å². The van der Waals surface area contributed by atoms with Crippen LogP contribution in [0.5, 0.6) is 5.75 Å². The van der Waals surface area contributed by atoms with E-state index in [1.807, 2.05) is 4.90 Å². The SMILES string of the molecule is CC(O)C1CCN(CC(=O)c2cc(F)ccc2O)C1. The van der Waals surface area contributed by atoms with Crippen molar-refractivity contribution >= 4 is 5.78 Å². The van der Waals surface area contributed by atoms with Gasteiger partial charge in [-0.1, -0.05) is 0 Å². The minimum atomic E-state index is -0.538. The largest absolute Gasteiger partial charge is 0.507 e. The third kappa shape index (κ3) is 3.30. The number of carbonyl (C=O) groups excluding carboxylic acids is 1. The first-order chi connectivity index (χ1) is 8.97. The number of hydrogen-bond acceptors (Lipinski definition) is 4. The minimum absolute atomic E-state index is 0.0143. The van der Waals surface area contributed by atoms with Crippen LogP contribution in [0.25, 0.3) is 0 Å². The van der Waals surface area contributed by atoms with E-state index in [1.165, 1.54) is 6.07 Å². The number of benzene rings is 1. The molecule has 1 aromatic rings. The van der Waals surface area contributed by atoms with Gasteiger partial charge in [-0.2, -0.15) is 0 Å². The lowest BCUT2D eigenvalue weighted by molar-refractivity contribution is 0.0922. The number of aliphatic hydroxyl groups excluding tert-OH is 1. The van der Waals surface area contributed by atoms with E-state index in [0.29, 0.717) is 6.54 Å². The van der Waals surface area contributed by atoms with Crippen LogP contribution in [0.15, 0.2) is 18.2 Å². The fraction of sp³-hybridized carbons (Fsp3) is 0.500. The maximum atomic E-state index is 13.1. The van der Waals surface area contributed by atoms with Gasteiger partial charge < -0.3 is 10.2 Å². The van der Waals surface area contributed by atoms with E-state index >= 15 is 0 Å². The Bertz CT molecular complexity index is 476. The highest BCUT2D eigenvalue weighted by Crippen LogP contribution is 2.22. The van der Waals surface area contributed by atoms with E-state index in [4.69, 9.17) is 0 Å².